The first-order valence-corrected chi connectivity index (χ1v) is 3.67. The fraction of sp³-hybridized carbons (Fsp3) is 0.143. The minimum absolute atomic E-state index is 0.188. The maximum Gasteiger partial charge on any atom is 0.228 e. The van der Waals surface area contributed by atoms with E-state index in [1.165, 1.54) is 12.1 Å². The predicted octanol–water partition coefficient (Wildman–Crippen LogP) is 2.89. The summed E-state index contributed by atoms with van der Waals surface area (Å²) >= 11 is 2.96. The van der Waals surface area contributed by atoms with Gasteiger partial charge in [-0.25, -0.2) is 8.78 Å². The van der Waals surface area contributed by atoms with E-state index in [9.17, 15) is 8.78 Å². The molecule has 0 saturated carbocycles. The molecule has 0 fully saturated rings. The number of ether oxygens (including phenoxy) is 1. The van der Waals surface area contributed by atoms with E-state index in [4.69, 9.17) is 0 Å². The number of rotatable bonds is 2. The molecule has 0 unspecified atom stereocenters. The normalized spacial score (nSPS) is 9.73. The van der Waals surface area contributed by atoms with Crippen molar-refractivity contribution < 1.29 is 13.5 Å². The lowest BCUT2D eigenvalue weighted by atomic mass is 10.3. The monoisotopic (exact) mass is 222 g/mol. The molecule has 0 bridgehead atoms. The minimum atomic E-state index is -0.943. The fourth-order valence-electron chi connectivity index (χ4n) is 0.630. The fourth-order valence-corrected chi connectivity index (χ4v) is 0.876. The van der Waals surface area contributed by atoms with Crippen LogP contribution in [0.5, 0.6) is 5.75 Å². The van der Waals surface area contributed by atoms with Crippen molar-refractivity contribution in [1.29, 1.82) is 0 Å². The average Bonchev–Trinajstić information content (AvgIpc) is 1.98. The smallest absolute Gasteiger partial charge is 0.228 e. The summed E-state index contributed by atoms with van der Waals surface area (Å²) in [6.07, 6.45) is 0. The Bertz CT molecular complexity index is 252. The number of alkyl halides is 1. The molecule has 0 saturated heterocycles. The third-order valence-corrected chi connectivity index (χ3v) is 1.76. The van der Waals surface area contributed by atoms with Crippen LogP contribution in [0, 0.1) is 5.82 Å². The van der Waals surface area contributed by atoms with Crippen molar-refractivity contribution in [2.45, 2.75) is 0 Å². The molecule has 1 nitrogen and oxygen atoms in total. The number of hydrogen-bond donors (Lipinski definition) is 0. The molecule has 4 heteroatoms. The molecule has 60 valence electrons. The molecule has 0 spiro atoms. The Labute approximate surface area is 71.1 Å². The van der Waals surface area contributed by atoms with Crippen LogP contribution in [0.15, 0.2) is 22.7 Å². The van der Waals surface area contributed by atoms with E-state index in [1.807, 2.05) is 0 Å². The van der Waals surface area contributed by atoms with Crippen molar-refractivity contribution >= 4 is 15.9 Å². The van der Waals surface area contributed by atoms with Crippen molar-refractivity contribution in [3.05, 3.63) is 28.5 Å². The SMILES string of the molecule is FCOc1ccc(Br)c(F)c1. The zero-order chi connectivity index (χ0) is 8.27. The molecule has 0 N–H and O–H groups in total. The third kappa shape index (κ3) is 2.15. The van der Waals surface area contributed by atoms with Gasteiger partial charge in [-0.3, -0.25) is 0 Å². The van der Waals surface area contributed by atoms with Crippen LogP contribution in [-0.2, 0) is 0 Å². The molecule has 1 aromatic carbocycles. The molecule has 0 atom stereocenters. The van der Waals surface area contributed by atoms with Gasteiger partial charge in [0, 0.05) is 6.07 Å². The first-order valence-electron chi connectivity index (χ1n) is 2.88. The molecule has 1 rings (SSSR count). The standard InChI is InChI=1S/C7H5BrF2O/c8-6-2-1-5(11-4-9)3-7(6)10/h1-3H,4H2. The van der Waals surface area contributed by atoms with Gasteiger partial charge in [0.05, 0.1) is 4.47 Å². The van der Waals surface area contributed by atoms with E-state index >= 15 is 0 Å². The quantitative estimate of drug-likeness (QED) is 0.748. The van der Waals surface area contributed by atoms with E-state index in [1.54, 1.807) is 0 Å². The van der Waals surface area contributed by atoms with Crippen LogP contribution in [-0.4, -0.2) is 6.86 Å². The van der Waals surface area contributed by atoms with Crippen LogP contribution in [0.2, 0.25) is 0 Å². The van der Waals surface area contributed by atoms with Crippen LogP contribution in [0.3, 0.4) is 0 Å². The van der Waals surface area contributed by atoms with Crippen molar-refractivity contribution in [1.82, 2.24) is 0 Å². The molecule has 0 radical (unpaired) electrons. The number of hydrogen-bond acceptors (Lipinski definition) is 1. The highest BCUT2D eigenvalue weighted by atomic mass is 79.9. The maximum atomic E-state index is 12.7. The van der Waals surface area contributed by atoms with Crippen molar-refractivity contribution in [3.8, 4) is 5.75 Å². The summed E-state index contributed by atoms with van der Waals surface area (Å²) in [6.45, 7) is -0.943. The Hall–Kier alpha value is -0.640. The first kappa shape index (κ1) is 8.46. The maximum absolute atomic E-state index is 12.7. The molecule has 0 heterocycles. The van der Waals surface area contributed by atoms with Crippen LogP contribution < -0.4 is 4.74 Å². The molecule has 0 amide bonds. The Balaban J connectivity index is 2.86. The van der Waals surface area contributed by atoms with Gasteiger partial charge < -0.3 is 4.74 Å². The molecule has 11 heavy (non-hydrogen) atoms. The minimum Gasteiger partial charge on any atom is -0.463 e. The second-order valence-corrected chi connectivity index (χ2v) is 2.68. The molecule has 1 aromatic rings. The van der Waals surface area contributed by atoms with Gasteiger partial charge in [0.25, 0.3) is 0 Å². The van der Waals surface area contributed by atoms with Gasteiger partial charge in [0.1, 0.15) is 11.6 Å². The summed E-state index contributed by atoms with van der Waals surface area (Å²) in [5, 5.41) is 0. The number of benzene rings is 1. The zero-order valence-corrected chi connectivity index (χ0v) is 7.07. The van der Waals surface area contributed by atoms with Gasteiger partial charge in [-0.15, -0.1) is 0 Å². The topological polar surface area (TPSA) is 9.23 Å². The highest BCUT2D eigenvalue weighted by Crippen LogP contribution is 2.20. The van der Waals surface area contributed by atoms with Gasteiger partial charge in [-0.1, -0.05) is 0 Å². The van der Waals surface area contributed by atoms with Crippen LogP contribution in [0.4, 0.5) is 8.78 Å². The molecule has 0 aliphatic heterocycles. The van der Waals surface area contributed by atoms with E-state index in [0.717, 1.165) is 6.07 Å². The van der Waals surface area contributed by atoms with Gasteiger partial charge >= 0.3 is 0 Å². The number of halogens is 3. The van der Waals surface area contributed by atoms with E-state index in [-0.39, 0.29) is 5.75 Å². The molecule has 0 aliphatic rings. The lowest BCUT2D eigenvalue weighted by Gasteiger charge is -2.00. The van der Waals surface area contributed by atoms with Crippen LogP contribution in [0.1, 0.15) is 0 Å². The summed E-state index contributed by atoms with van der Waals surface area (Å²) in [7, 11) is 0. The second kappa shape index (κ2) is 3.67. The first-order chi connectivity index (χ1) is 5.24. The lowest BCUT2D eigenvalue weighted by Crippen LogP contribution is -1.90. The van der Waals surface area contributed by atoms with Gasteiger partial charge in [0.2, 0.25) is 6.86 Å². The second-order valence-electron chi connectivity index (χ2n) is 1.83. The Kier molecular flexibility index (Phi) is 2.82. The summed E-state index contributed by atoms with van der Waals surface area (Å²) < 4.78 is 29.0. The summed E-state index contributed by atoms with van der Waals surface area (Å²) in [5.41, 5.74) is 0. The largest absolute Gasteiger partial charge is 0.463 e. The van der Waals surface area contributed by atoms with Crippen LogP contribution in [0.25, 0.3) is 0 Å². The average molecular weight is 223 g/mol. The Morgan fingerprint density at radius 1 is 1.45 bits per heavy atom. The molecule has 0 aliphatic carbocycles. The Morgan fingerprint density at radius 3 is 2.73 bits per heavy atom. The van der Waals surface area contributed by atoms with Crippen molar-refractivity contribution in [2.75, 3.05) is 6.86 Å². The highest BCUT2D eigenvalue weighted by molar-refractivity contribution is 9.10. The van der Waals surface area contributed by atoms with Gasteiger partial charge in [-0.05, 0) is 28.1 Å². The van der Waals surface area contributed by atoms with Gasteiger partial charge in [0.15, 0.2) is 0 Å². The third-order valence-electron chi connectivity index (χ3n) is 1.11. The molecule has 0 aromatic heterocycles. The van der Waals surface area contributed by atoms with E-state index in [0.29, 0.717) is 4.47 Å². The van der Waals surface area contributed by atoms with E-state index < -0.39 is 12.7 Å². The van der Waals surface area contributed by atoms with Crippen molar-refractivity contribution in [3.63, 3.8) is 0 Å². The lowest BCUT2D eigenvalue weighted by molar-refractivity contribution is 0.191. The summed E-state index contributed by atoms with van der Waals surface area (Å²) in [6, 6.07) is 4.05. The molecular formula is C7H5BrF2O. The highest BCUT2D eigenvalue weighted by Gasteiger charge is 1.99. The van der Waals surface area contributed by atoms with E-state index in [2.05, 4.69) is 20.7 Å². The van der Waals surface area contributed by atoms with Gasteiger partial charge in [-0.2, -0.15) is 0 Å². The Morgan fingerprint density at radius 2 is 2.18 bits per heavy atom. The predicted molar refractivity (Wildman–Crippen MR) is 40.7 cm³/mol. The summed E-state index contributed by atoms with van der Waals surface area (Å²) in [5.74, 6) is -0.274. The van der Waals surface area contributed by atoms with Crippen LogP contribution >= 0.6 is 15.9 Å². The zero-order valence-electron chi connectivity index (χ0n) is 5.48. The van der Waals surface area contributed by atoms with Crippen molar-refractivity contribution in [2.24, 2.45) is 0 Å². The molecular weight excluding hydrogens is 218 g/mol. The summed E-state index contributed by atoms with van der Waals surface area (Å²) in [4.78, 5) is 0.